The molecule has 0 saturated heterocycles. The first-order valence-electron chi connectivity index (χ1n) is 5.80. The third kappa shape index (κ3) is 2.90. The van der Waals surface area contributed by atoms with Gasteiger partial charge < -0.3 is 5.32 Å². The van der Waals surface area contributed by atoms with E-state index in [1.807, 2.05) is 18.8 Å². The van der Waals surface area contributed by atoms with Gasteiger partial charge in [-0.05, 0) is 17.4 Å². The molecule has 0 aromatic carbocycles. The van der Waals surface area contributed by atoms with E-state index >= 15 is 0 Å². The zero-order valence-electron chi connectivity index (χ0n) is 10.4. The summed E-state index contributed by atoms with van der Waals surface area (Å²) in [5, 5.41) is 7.38. The SMILES string of the molecule is CCC(C)CSc1nc(NC)nc2sccc12. The topological polar surface area (TPSA) is 37.8 Å². The third-order valence-electron chi connectivity index (χ3n) is 2.72. The predicted molar refractivity (Wildman–Crippen MR) is 77.1 cm³/mol. The van der Waals surface area contributed by atoms with Crippen LogP contribution in [0, 0.1) is 5.92 Å². The molecule has 2 aromatic rings. The normalized spacial score (nSPS) is 12.9. The molecule has 1 N–H and O–H groups in total. The lowest BCUT2D eigenvalue weighted by molar-refractivity contribution is 0.636. The number of hydrogen-bond donors (Lipinski definition) is 1. The Morgan fingerprint density at radius 3 is 3.00 bits per heavy atom. The van der Waals surface area contributed by atoms with Crippen LogP contribution >= 0.6 is 23.1 Å². The largest absolute Gasteiger partial charge is 0.357 e. The average Bonchev–Trinajstić information content (AvgIpc) is 2.83. The summed E-state index contributed by atoms with van der Waals surface area (Å²) in [6.07, 6.45) is 1.21. The molecule has 2 rings (SSSR count). The highest BCUT2D eigenvalue weighted by molar-refractivity contribution is 7.99. The van der Waals surface area contributed by atoms with Crippen molar-refractivity contribution in [3.05, 3.63) is 11.4 Å². The van der Waals surface area contributed by atoms with Gasteiger partial charge in [-0.2, -0.15) is 0 Å². The number of thiophene rings is 1. The molecule has 2 aromatic heterocycles. The lowest BCUT2D eigenvalue weighted by Crippen LogP contribution is -1.99. The molecule has 2 heterocycles. The van der Waals surface area contributed by atoms with Gasteiger partial charge in [-0.15, -0.1) is 23.1 Å². The predicted octanol–water partition coefficient (Wildman–Crippen LogP) is 3.87. The maximum absolute atomic E-state index is 4.55. The highest BCUT2D eigenvalue weighted by Crippen LogP contribution is 2.30. The van der Waals surface area contributed by atoms with Gasteiger partial charge in [-0.1, -0.05) is 20.3 Å². The van der Waals surface area contributed by atoms with E-state index in [2.05, 4.69) is 40.6 Å². The summed E-state index contributed by atoms with van der Waals surface area (Å²) in [7, 11) is 1.86. The maximum Gasteiger partial charge on any atom is 0.224 e. The van der Waals surface area contributed by atoms with Gasteiger partial charge in [0, 0.05) is 18.2 Å². The molecule has 1 unspecified atom stereocenters. The molecule has 0 radical (unpaired) electrons. The summed E-state index contributed by atoms with van der Waals surface area (Å²) in [4.78, 5) is 10.1. The van der Waals surface area contributed by atoms with Crippen molar-refractivity contribution in [2.75, 3.05) is 18.1 Å². The Balaban J connectivity index is 2.27. The molecule has 0 saturated carbocycles. The number of anilines is 1. The van der Waals surface area contributed by atoms with Crippen molar-refractivity contribution in [1.82, 2.24) is 9.97 Å². The first-order chi connectivity index (χ1) is 8.24. The highest BCUT2D eigenvalue weighted by Gasteiger charge is 2.10. The van der Waals surface area contributed by atoms with E-state index in [-0.39, 0.29) is 0 Å². The van der Waals surface area contributed by atoms with Crippen molar-refractivity contribution in [2.45, 2.75) is 25.3 Å². The van der Waals surface area contributed by atoms with E-state index < -0.39 is 0 Å². The molecule has 0 bridgehead atoms. The fourth-order valence-electron chi connectivity index (χ4n) is 1.39. The zero-order chi connectivity index (χ0) is 12.3. The molecule has 0 aliphatic rings. The van der Waals surface area contributed by atoms with Gasteiger partial charge in [0.15, 0.2) is 0 Å². The van der Waals surface area contributed by atoms with Crippen molar-refractivity contribution in [1.29, 1.82) is 0 Å². The Kier molecular flexibility index (Phi) is 4.23. The van der Waals surface area contributed by atoms with Crippen LogP contribution < -0.4 is 5.32 Å². The van der Waals surface area contributed by atoms with Gasteiger partial charge in [-0.3, -0.25) is 0 Å². The number of nitrogens with one attached hydrogen (secondary N) is 1. The standard InChI is InChI=1S/C12H17N3S2/c1-4-8(2)7-17-11-9-5-6-16-10(9)14-12(13-3)15-11/h5-6,8H,4,7H2,1-3H3,(H,13,14,15). The summed E-state index contributed by atoms with van der Waals surface area (Å²) in [5.74, 6) is 2.55. The second-order valence-electron chi connectivity index (χ2n) is 4.07. The molecule has 1 atom stereocenters. The fraction of sp³-hybridized carbons (Fsp3) is 0.500. The number of rotatable bonds is 5. The summed E-state index contributed by atoms with van der Waals surface area (Å²) >= 11 is 3.50. The van der Waals surface area contributed by atoms with Crippen LogP contribution in [0.3, 0.4) is 0 Å². The summed E-state index contributed by atoms with van der Waals surface area (Å²) in [5.41, 5.74) is 0. The maximum atomic E-state index is 4.55. The van der Waals surface area contributed by atoms with E-state index in [4.69, 9.17) is 0 Å². The Labute approximate surface area is 110 Å². The van der Waals surface area contributed by atoms with Crippen LogP contribution in [0.1, 0.15) is 20.3 Å². The van der Waals surface area contributed by atoms with Crippen molar-refractivity contribution in [2.24, 2.45) is 5.92 Å². The molecule has 0 aliphatic heterocycles. The minimum absolute atomic E-state index is 0.714. The van der Waals surface area contributed by atoms with Gasteiger partial charge in [-0.25, -0.2) is 9.97 Å². The molecule has 0 amide bonds. The lowest BCUT2D eigenvalue weighted by Gasteiger charge is -2.08. The van der Waals surface area contributed by atoms with Crippen molar-refractivity contribution in [3.63, 3.8) is 0 Å². The van der Waals surface area contributed by atoms with Crippen LogP contribution in [0.5, 0.6) is 0 Å². The van der Waals surface area contributed by atoms with Gasteiger partial charge >= 0.3 is 0 Å². The number of fused-ring (bicyclic) bond motifs is 1. The van der Waals surface area contributed by atoms with Crippen molar-refractivity contribution >= 4 is 39.3 Å². The Morgan fingerprint density at radius 1 is 1.47 bits per heavy atom. The zero-order valence-corrected chi connectivity index (χ0v) is 12.0. The van der Waals surface area contributed by atoms with Crippen LogP contribution in [0.4, 0.5) is 5.95 Å². The summed E-state index contributed by atoms with van der Waals surface area (Å²) < 4.78 is 0. The fourth-order valence-corrected chi connectivity index (χ4v) is 3.37. The third-order valence-corrected chi connectivity index (χ3v) is 4.84. The van der Waals surface area contributed by atoms with Crippen LogP contribution in [0.2, 0.25) is 0 Å². The minimum atomic E-state index is 0.714. The summed E-state index contributed by atoms with van der Waals surface area (Å²) in [6, 6.07) is 2.11. The van der Waals surface area contributed by atoms with E-state index in [9.17, 15) is 0 Å². The van der Waals surface area contributed by atoms with Gasteiger partial charge in [0.05, 0.1) is 0 Å². The molecule has 0 spiro atoms. The van der Waals surface area contributed by atoms with E-state index in [1.165, 1.54) is 11.8 Å². The van der Waals surface area contributed by atoms with Crippen LogP contribution in [0.15, 0.2) is 16.5 Å². The lowest BCUT2D eigenvalue weighted by atomic mass is 10.2. The van der Waals surface area contributed by atoms with Crippen LogP contribution in [0.25, 0.3) is 10.2 Å². The number of hydrogen-bond acceptors (Lipinski definition) is 5. The van der Waals surface area contributed by atoms with E-state index in [1.54, 1.807) is 11.3 Å². The monoisotopic (exact) mass is 267 g/mol. The molecular formula is C12H17N3S2. The van der Waals surface area contributed by atoms with Gasteiger partial charge in [0.2, 0.25) is 5.95 Å². The van der Waals surface area contributed by atoms with Crippen LogP contribution in [-0.4, -0.2) is 22.8 Å². The quantitative estimate of drug-likeness (QED) is 0.659. The molecule has 17 heavy (non-hydrogen) atoms. The molecular weight excluding hydrogens is 250 g/mol. The van der Waals surface area contributed by atoms with Gasteiger partial charge in [0.1, 0.15) is 9.86 Å². The second-order valence-corrected chi connectivity index (χ2v) is 5.97. The van der Waals surface area contributed by atoms with Crippen molar-refractivity contribution < 1.29 is 0 Å². The van der Waals surface area contributed by atoms with Crippen molar-refractivity contribution in [3.8, 4) is 0 Å². The van der Waals surface area contributed by atoms with Crippen LogP contribution in [-0.2, 0) is 0 Å². The highest BCUT2D eigenvalue weighted by atomic mass is 32.2. The van der Waals surface area contributed by atoms with E-state index in [0.29, 0.717) is 5.95 Å². The number of nitrogens with zero attached hydrogens (tertiary/aromatic N) is 2. The minimum Gasteiger partial charge on any atom is -0.357 e. The summed E-state index contributed by atoms with van der Waals surface area (Å²) in [6.45, 7) is 4.50. The molecule has 5 heteroatoms. The smallest absolute Gasteiger partial charge is 0.224 e. The number of aromatic nitrogens is 2. The molecule has 92 valence electrons. The molecule has 0 fully saturated rings. The van der Waals surface area contributed by atoms with Gasteiger partial charge in [0.25, 0.3) is 0 Å². The Bertz CT molecular complexity index is 495. The molecule has 0 aliphatic carbocycles. The molecule has 3 nitrogen and oxygen atoms in total. The van der Waals surface area contributed by atoms with E-state index in [0.717, 1.165) is 21.5 Å². The first kappa shape index (κ1) is 12.6. The first-order valence-corrected chi connectivity index (χ1v) is 7.67. The Morgan fingerprint density at radius 2 is 2.29 bits per heavy atom. The Hall–Kier alpha value is -0.810. The average molecular weight is 267 g/mol. The number of thioether (sulfide) groups is 1. The second kappa shape index (κ2) is 5.69.